The molecule has 740 valence electrons. The first-order chi connectivity index (χ1) is 70.8. The Bertz CT molecular complexity index is 7790. The van der Waals surface area contributed by atoms with E-state index in [1.807, 2.05) is 123 Å². The molecule has 8 aliphatic rings. The second-order valence-corrected chi connectivity index (χ2v) is 38.7. The molecule has 146 heavy (non-hydrogen) atoms. The third kappa shape index (κ3) is 18.0. The molecular weight excluding hydrogens is 1860 g/mol. The number of rotatable bonds is 12. The van der Waals surface area contributed by atoms with Gasteiger partial charge >= 0.3 is 0 Å². The normalized spacial score (nSPS) is 17.1. The van der Waals surface area contributed by atoms with E-state index in [9.17, 15) is 27.2 Å². The minimum Gasteiger partial charge on any atom is -0.383 e. The molecule has 4 aliphatic carbocycles. The molecular formula is C106H106F4N34O2. The molecule has 22 heterocycles. The highest BCUT2D eigenvalue weighted by Gasteiger charge is 2.33. The number of hydrogen-bond acceptors (Lipinski definition) is 28. The molecule has 2 amide bonds. The number of anilines is 12. The van der Waals surface area contributed by atoms with Crippen molar-refractivity contribution in [2.75, 3.05) is 71.4 Å². The fraction of sp³-hybridized carbons (Fsp3) is 0.321. The van der Waals surface area contributed by atoms with Crippen LogP contribution in [0.1, 0.15) is 178 Å². The molecule has 0 fully saturated rings. The third-order valence-electron chi connectivity index (χ3n) is 29.4. The number of amides is 2. The van der Waals surface area contributed by atoms with Crippen molar-refractivity contribution < 1.29 is 27.2 Å². The van der Waals surface area contributed by atoms with Crippen molar-refractivity contribution in [1.29, 1.82) is 0 Å². The van der Waals surface area contributed by atoms with Gasteiger partial charge in [-0.25, -0.2) is 67.4 Å². The van der Waals surface area contributed by atoms with Crippen molar-refractivity contribution in [3.05, 3.63) is 249 Å². The molecule has 12 N–H and O–H groups in total. The fourth-order valence-electron chi connectivity index (χ4n) is 21.5. The minimum atomic E-state index is -1.00. The lowest BCUT2D eigenvalue weighted by Gasteiger charge is -2.22. The highest BCUT2D eigenvalue weighted by molar-refractivity contribution is 5.99. The standard InChI is InChI=1S/2C27H26FN9.2C26H27FN8O/c2*1-15-18(12-31-21-4-2-3-20(28)26(15)21)22-9-16-10-23(32-13-19(16)27(29)33-22)34-24-11-17-5-7-36-8-6-30-25(36)14-37(17)35-24;2*1-14-17(11-29-20-5-3-4-19(27)25(14)20)21-8-15-9-22(30-12-18(15)26(28)31-21)32-23-10-16-6-7-34(2)24(36)13-35(16)33-23/h2*6,8-13,20H,2-5,7,14H2,1H3,(H2,29,33)(H,32,34,35);2*8-12,19H,3-7,13H2,1-2H3,(H2,28,31)(H,30,32,33)/t20-;;2*19-/m1.10/s1. The third-order valence-corrected chi connectivity index (χ3v) is 29.4. The van der Waals surface area contributed by atoms with Crippen LogP contribution in [-0.4, -0.2) is 167 Å². The molecule has 36 nitrogen and oxygen atoms in total. The van der Waals surface area contributed by atoms with Crippen LogP contribution in [0.5, 0.6) is 0 Å². The van der Waals surface area contributed by atoms with Gasteiger partial charge in [-0.05, 0) is 197 Å². The zero-order valence-corrected chi connectivity index (χ0v) is 81.4. The van der Waals surface area contributed by atoms with Gasteiger partial charge in [-0.3, -0.25) is 48.3 Å². The number of nitrogens with one attached hydrogen (secondary N) is 4. The second-order valence-electron chi connectivity index (χ2n) is 38.7. The number of halogens is 4. The maximum atomic E-state index is 14.8. The Balaban J connectivity index is 0.000000107. The Morgan fingerprint density at radius 2 is 0.568 bits per heavy atom. The maximum Gasteiger partial charge on any atom is 0.244 e. The van der Waals surface area contributed by atoms with E-state index in [0.29, 0.717) is 155 Å². The molecule has 0 radical (unpaired) electrons. The highest BCUT2D eigenvalue weighted by atomic mass is 19.1. The average Bonchev–Trinajstić information content (AvgIpc) is 1.40. The van der Waals surface area contributed by atoms with Crippen LogP contribution in [0.4, 0.5) is 87.4 Å². The number of aromatic nitrogens is 24. The van der Waals surface area contributed by atoms with Crippen LogP contribution in [0.25, 0.3) is 88.1 Å². The molecule has 0 bridgehead atoms. The summed E-state index contributed by atoms with van der Waals surface area (Å²) in [5, 5.41) is 38.2. The molecule has 40 heteroatoms. The summed E-state index contributed by atoms with van der Waals surface area (Å²) in [6, 6.07) is 23.4. The number of carbonyl (C=O) groups is 2. The number of imidazole rings is 2. The number of carbonyl (C=O) groups excluding carboxylic acids is 2. The summed E-state index contributed by atoms with van der Waals surface area (Å²) < 4.78 is 70.8. The number of nitrogen functional groups attached to an aromatic ring is 4. The Kier molecular flexibility index (Phi) is 24.2. The van der Waals surface area contributed by atoms with E-state index in [2.05, 4.69) is 123 Å². The Labute approximate surface area is 834 Å². The lowest BCUT2D eigenvalue weighted by atomic mass is 9.88. The van der Waals surface area contributed by atoms with E-state index in [1.165, 1.54) is 0 Å². The van der Waals surface area contributed by atoms with Crippen LogP contribution in [0.15, 0.2) is 147 Å². The summed E-state index contributed by atoms with van der Waals surface area (Å²) in [6.45, 7) is 12.5. The number of aryl methyl sites for hydroxylation is 8. The molecule has 4 atom stereocenters. The molecule has 0 saturated carbocycles. The smallest absolute Gasteiger partial charge is 0.244 e. The Morgan fingerprint density at radius 1 is 0.308 bits per heavy atom. The number of pyridine rings is 12. The predicted octanol–water partition coefficient (Wildman–Crippen LogP) is 17.1. The molecule has 18 aromatic rings. The van der Waals surface area contributed by atoms with Crippen LogP contribution < -0.4 is 44.2 Å². The lowest BCUT2D eigenvalue weighted by molar-refractivity contribution is -0.131. The van der Waals surface area contributed by atoms with E-state index in [0.717, 1.165) is 247 Å². The van der Waals surface area contributed by atoms with Gasteiger partial charge in [-0.15, -0.1) is 0 Å². The van der Waals surface area contributed by atoms with Crippen LogP contribution in [0.3, 0.4) is 0 Å². The molecule has 0 aromatic carbocycles. The second kappa shape index (κ2) is 38.1. The lowest BCUT2D eigenvalue weighted by Crippen LogP contribution is -2.29. The van der Waals surface area contributed by atoms with Gasteiger partial charge in [0.25, 0.3) is 0 Å². The molecule has 18 aromatic heterocycles. The first-order valence-electron chi connectivity index (χ1n) is 49.4. The largest absolute Gasteiger partial charge is 0.383 e. The van der Waals surface area contributed by atoms with E-state index < -0.39 is 24.7 Å². The van der Waals surface area contributed by atoms with E-state index in [1.54, 1.807) is 82.8 Å². The van der Waals surface area contributed by atoms with Crippen molar-refractivity contribution >= 4 is 125 Å². The first kappa shape index (κ1) is 92.8. The molecule has 0 saturated heterocycles. The van der Waals surface area contributed by atoms with Crippen molar-refractivity contribution in [1.82, 2.24) is 128 Å². The van der Waals surface area contributed by atoms with Crippen molar-refractivity contribution in [2.45, 2.75) is 194 Å². The van der Waals surface area contributed by atoms with Crippen molar-refractivity contribution in [3.63, 3.8) is 0 Å². The number of nitrogens with two attached hydrogens (primary N) is 4. The number of alkyl halides is 4. The minimum absolute atomic E-state index is 0.0359. The van der Waals surface area contributed by atoms with Gasteiger partial charge < -0.3 is 63.1 Å². The van der Waals surface area contributed by atoms with Gasteiger partial charge in [0, 0.05) is 276 Å². The summed E-state index contributed by atoms with van der Waals surface area (Å²) in [5.74, 6) is 8.75. The summed E-state index contributed by atoms with van der Waals surface area (Å²) in [4.78, 5) is 91.4. The number of hydrogen-bond donors (Lipinski definition) is 8. The van der Waals surface area contributed by atoms with E-state index in [-0.39, 0.29) is 24.9 Å². The van der Waals surface area contributed by atoms with Gasteiger partial charge in [0.15, 0.2) is 23.3 Å². The molecule has 4 aliphatic heterocycles. The van der Waals surface area contributed by atoms with Gasteiger partial charge in [0.1, 0.15) is 96.0 Å². The SMILES string of the molecule is Cc1c(-c2cc3cc(Nc4cc5n(n4)CC(=O)N(C)CC5)ncc3c(N)n2)cnc2c1[C@@H](F)CCC2.Cc1c(-c2cc3cc(Nc4cc5n(n4)CC(=O)N(C)CC5)ncc3c(N)n2)cnc2c1[C@H](F)CCC2.Cc1c(-c2cc3cc(Nc4cc5n(n4)Cc4nccn4CC5)ncc3c(N)n2)cnc2c1C(F)CCC2.Cc1c(-c2cc3cc(Nc4cc5n(n4)Cc4nccn4CC5)ncc3c(N)n2)cnc2c1[C@H](F)CCC2. The van der Waals surface area contributed by atoms with E-state index >= 15 is 0 Å². The molecule has 1 unspecified atom stereocenters. The van der Waals surface area contributed by atoms with Gasteiger partial charge in [-0.1, -0.05) is 0 Å². The molecule has 26 rings (SSSR count). The highest BCUT2D eigenvalue weighted by Crippen LogP contribution is 2.45. The average molecular weight is 1960 g/mol. The van der Waals surface area contributed by atoms with Gasteiger partial charge in [0.05, 0.1) is 35.9 Å². The predicted molar refractivity (Wildman–Crippen MR) is 550 cm³/mol. The van der Waals surface area contributed by atoms with Crippen LogP contribution in [-0.2, 0) is 100 Å². The molecule has 0 spiro atoms. The quantitative estimate of drug-likeness (QED) is 0.0527. The fourth-order valence-corrected chi connectivity index (χ4v) is 21.5. The van der Waals surface area contributed by atoms with Crippen LogP contribution >= 0.6 is 0 Å². The van der Waals surface area contributed by atoms with Gasteiger partial charge in [-0.2, -0.15) is 20.4 Å². The van der Waals surface area contributed by atoms with Crippen molar-refractivity contribution in [3.8, 4) is 45.0 Å². The zero-order chi connectivity index (χ0) is 100. The van der Waals surface area contributed by atoms with Crippen LogP contribution in [0.2, 0.25) is 0 Å². The van der Waals surface area contributed by atoms with Crippen molar-refractivity contribution in [2.24, 2.45) is 0 Å². The summed E-state index contributed by atoms with van der Waals surface area (Å²) >= 11 is 0. The Morgan fingerprint density at radius 3 is 0.842 bits per heavy atom. The monoisotopic (exact) mass is 1960 g/mol. The van der Waals surface area contributed by atoms with Crippen LogP contribution in [0, 0.1) is 27.7 Å². The topological polar surface area (TPSA) is 454 Å². The number of likely N-dealkylation sites (N-methyl/N-ethyl adjacent to an activating group) is 2. The summed E-state index contributed by atoms with van der Waals surface area (Å²) in [5.41, 5.74) is 45.1. The Hall–Kier alpha value is -16.8. The summed E-state index contributed by atoms with van der Waals surface area (Å²) in [6.07, 6.45) is 29.5. The number of nitrogens with zero attached hydrogens (tertiary/aromatic N) is 26. The van der Waals surface area contributed by atoms with Gasteiger partial charge in [0.2, 0.25) is 11.8 Å². The maximum absolute atomic E-state index is 14.8. The van der Waals surface area contributed by atoms with E-state index in [4.69, 9.17) is 33.1 Å². The summed E-state index contributed by atoms with van der Waals surface area (Å²) in [7, 11) is 3.61. The first-order valence-corrected chi connectivity index (χ1v) is 49.4. The number of fused-ring (bicyclic) bond motifs is 14. The zero-order valence-electron chi connectivity index (χ0n) is 81.4.